The summed E-state index contributed by atoms with van der Waals surface area (Å²) in [7, 11) is 0. The average molecular weight is 421 g/mol. The molecule has 2 atom stereocenters. The molecule has 3 heterocycles. The van der Waals surface area contributed by atoms with Gasteiger partial charge in [0.1, 0.15) is 0 Å². The molecule has 0 spiro atoms. The van der Waals surface area contributed by atoms with Crippen LogP contribution < -0.4 is 10.7 Å². The number of rotatable bonds is 5. The van der Waals surface area contributed by atoms with Gasteiger partial charge in [0.05, 0.1) is 5.39 Å². The largest absolute Gasteiger partial charge is 0.384 e. The van der Waals surface area contributed by atoms with Gasteiger partial charge >= 0.3 is 0 Å². The summed E-state index contributed by atoms with van der Waals surface area (Å²) in [6.07, 6.45) is 9.43. The molecule has 5 rings (SSSR count). The number of anilines is 1. The molecule has 2 aromatic carbocycles. The molecule has 2 saturated heterocycles. The van der Waals surface area contributed by atoms with E-state index in [0.29, 0.717) is 0 Å². The van der Waals surface area contributed by atoms with E-state index in [4.69, 9.17) is 0 Å². The lowest BCUT2D eigenvalue weighted by Gasteiger charge is -2.44. The van der Waals surface area contributed by atoms with Crippen molar-refractivity contribution in [3.05, 3.63) is 52.2 Å². The number of hydrogen-bond acceptors (Lipinski definition) is 4. The highest BCUT2D eigenvalue weighted by Crippen LogP contribution is 2.34. The summed E-state index contributed by atoms with van der Waals surface area (Å²) in [5.41, 5.74) is 2.35. The van der Waals surface area contributed by atoms with Crippen molar-refractivity contribution in [3.63, 3.8) is 0 Å². The molecule has 2 aliphatic rings. The van der Waals surface area contributed by atoms with E-state index in [2.05, 4.69) is 35.3 Å². The first kappa shape index (κ1) is 20.0. The van der Waals surface area contributed by atoms with E-state index in [0.717, 1.165) is 44.4 Å². The molecule has 0 radical (unpaired) electrons. The van der Waals surface area contributed by atoms with Gasteiger partial charge in [-0.3, -0.25) is 4.79 Å². The number of benzene rings is 2. The lowest BCUT2D eigenvalue weighted by Crippen LogP contribution is -2.47. The Labute approximate surface area is 183 Å². The fourth-order valence-corrected chi connectivity index (χ4v) is 6.85. The second-order valence-electron chi connectivity index (χ2n) is 9.13. The van der Waals surface area contributed by atoms with Gasteiger partial charge in [0.15, 0.2) is 5.43 Å². The van der Waals surface area contributed by atoms with Crippen LogP contribution >= 0.6 is 11.3 Å². The van der Waals surface area contributed by atoms with Gasteiger partial charge in [0, 0.05) is 33.1 Å². The Hall–Kier alpha value is -1.91. The van der Waals surface area contributed by atoms with Crippen molar-refractivity contribution in [1.29, 1.82) is 0 Å². The summed E-state index contributed by atoms with van der Waals surface area (Å²) >= 11 is 1.74. The maximum atomic E-state index is 13.3. The third kappa shape index (κ3) is 3.76. The van der Waals surface area contributed by atoms with E-state index in [-0.39, 0.29) is 5.43 Å². The average Bonchev–Trinajstić information content (AvgIpc) is 2.78. The predicted molar refractivity (Wildman–Crippen MR) is 130 cm³/mol. The SMILES string of the molecule is Cc1ccc(NCCC[C@H]2CCCN3CCCC[C@H]23)c2c(=O)c3ccccc3sc12. The molecule has 0 unspecified atom stereocenters. The maximum absolute atomic E-state index is 13.3. The molecule has 1 N–H and O–H groups in total. The number of nitrogens with one attached hydrogen (secondary N) is 1. The molecule has 0 amide bonds. The lowest BCUT2D eigenvalue weighted by molar-refractivity contribution is 0.0553. The summed E-state index contributed by atoms with van der Waals surface area (Å²) in [4.78, 5) is 16.0. The van der Waals surface area contributed by atoms with Gasteiger partial charge < -0.3 is 10.2 Å². The smallest absolute Gasteiger partial charge is 0.197 e. The van der Waals surface area contributed by atoms with E-state index in [1.807, 2.05) is 18.2 Å². The zero-order chi connectivity index (χ0) is 20.5. The highest BCUT2D eigenvalue weighted by atomic mass is 32.1. The Bertz CT molecular complexity index is 1100. The maximum Gasteiger partial charge on any atom is 0.197 e. The third-order valence-corrected chi connectivity index (χ3v) is 8.53. The predicted octanol–water partition coefficient (Wildman–Crippen LogP) is 6.18. The van der Waals surface area contributed by atoms with Crippen molar-refractivity contribution in [2.75, 3.05) is 25.0 Å². The zero-order valence-electron chi connectivity index (χ0n) is 18.0. The fraction of sp³-hybridized carbons (Fsp3) is 0.500. The number of nitrogens with zero attached hydrogens (tertiary/aromatic N) is 1. The molecule has 2 fully saturated rings. The summed E-state index contributed by atoms with van der Waals surface area (Å²) < 4.78 is 2.19. The van der Waals surface area contributed by atoms with Crippen LogP contribution in [0.15, 0.2) is 41.2 Å². The van der Waals surface area contributed by atoms with Gasteiger partial charge in [0.2, 0.25) is 0 Å². The van der Waals surface area contributed by atoms with Crippen LogP contribution in [0.2, 0.25) is 0 Å². The van der Waals surface area contributed by atoms with Crippen LogP contribution in [-0.2, 0) is 0 Å². The van der Waals surface area contributed by atoms with Gasteiger partial charge in [0.25, 0.3) is 0 Å². The van der Waals surface area contributed by atoms with Crippen molar-refractivity contribution in [1.82, 2.24) is 4.90 Å². The molecule has 158 valence electrons. The first-order valence-corrected chi connectivity index (χ1v) is 12.5. The molecule has 4 heteroatoms. The Morgan fingerprint density at radius 3 is 2.87 bits per heavy atom. The van der Waals surface area contributed by atoms with Crippen molar-refractivity contribution in [2.45, 2.75) is 57.9 Å². The molecule has 0 bridgehead atoms. The number of piperidine rings is 2. The first-order chi connectivity index (χ1) is 14.7. The molecule has 30 heavy (non-hydrogen) atoms. The topological polar surface area (TPSA) is 32.3 Å². The standard InChI is InChI=1S/C26H32N2OS/c1-18-13-14-21(24-25(29)20-10-2-3-12-23(20)30-26(18)24)27-15-6-8-19-9-7-17-28-16-5-4-11-22(19)28/h2-3,10,12-14,19,22,27H,4-9,11,15-17H2,1H3/t19-,22+/m0/s1. The van der Waals surface area contributed by atoms with E-state index >= 15 is 0 Å². The highest BCUT2D eigenvalue weighted by molar-refractivity contribution is 7.24. The van der Waals surface area contributed by atoms with Crippen LogP contribution in [0.1, 0.15) is 50.5 Å². The molecular formula is C26H32N2OS. The van der Waals surface area contributed by atoms with Crippen LogP contribution in [-0.4, -0.2) is 30.6 Å². The molecule has 0 aliphatic carbocycles. The third-order valence-electron chi connectivity index (χ3n) is 7.22. The minimum Gasteiger partial charge on any atom is -0.384 e. The first-order valence-electron chi connectivity index (χ1n) is 11.7. The van der Waals surface area contributed by atoms with E-state index in [1.54, 1.807) is 11.3 Å². The quantitative estimate of drug-likeness (QED) is 0.395. The zero-order valence-corrected chi connectivity index (χ0v) is 18.8. The van der Waals surface area contributed by atoms with Crippen molar-refractivity contribution < 1.29 is 0 Å². The Morgan fingerprint density at radius 1 is 1.07 bits per heavy atom. The van der Waals surface area contributed by atoms with E-state index < -0.39 is 0 Å². The minimum atomic E-state index is 0.163. The minimum absolute atomic E-state index is 0.163. The normalized spacial score (nSPS) is 22.3. The Balaban J connectivity index is 1.32. The second kappa shape index (κ2) is 8.68. The van der Waals surface area contributed by atoms with Crippen LogP contribution in [0.3, 0.4) is 0 Å². The Kier molecular flexibility index (Phi) is 5.79. The summed E-state index contributed by atoms with van der Waals surface area (Å²) in [5, 5.41) is 5.33. The molecule has 1 aromatic heterocycles. The highest BCUT2D eigenvalue weighted by Gasteiger charge is 2.32. The van der Waals surface area contributed by atoms with Crippen molar-refractivity contribution in [3.8, 4) is 0 Å². The number of fused-ring (bicyclic) bond motifs is 3. The van der Waals surface area contributed by atoms with Gasteiger partial charge in [-0.15, -0.1) is 11.3 Å². The molecule has 3 aromatic rings. The molecule has 2 aliphatic heterocycles. The summed E-state index contributed by atoms with van der Waals surface area (Å²) in [5.74, 6) is 0.858. The van der Waals surface area contributed by atoms with Crippen LogP contribution in [0, 0.1) is 12.8 Å². The van der Waals surface area contributed by atoms with Gasteiger partial charge in [-0.25, -0.2) is 0 Å². The monoisotopic (exact) mass is 420 g/mol. The van der Waals surface area contributed by atoms with E-state index in [1.165, 1.54) is 63.6 Å². The van der Waals surface area contributed by atoms with Crippen molar-refractivity contribution >= 4 is 37.2 Å². The molecule has 0 saturated carbocycles. The van der Waals surface area contributed by atoms with Crippen LogP contribution in [0.25, 0.3) is 20.2 Å². The lowest BCUT2D eigenvalue weighted by atomic mass is 9.81. The number of hydrogen-bond donors (Lipinski definition) is 1. The molecule has 3 nitrogen and oxygen atoms in total. The summed E-state index contributed by atoms with van der Waals surface area (Å²) in [6, 6.07) is 13.1. The molecular weight excluding hydrogens is 388 g/mol. The Morgan fingerprint density at radius 2 is 1.93 bits per heavy atom. The van der Waals surface area contributed by atoms with Gasteiger partial charge in [-0.05, 0) is 88.2 Å². The second-order valence-corrected chi connectivity index (χ2v) is 10.2. The van der Waals surface area contributed by atoms with Gasteiger partial charge in [-0.2, -0.15) is 0 Å². The summed E-state index contributed by atoms with van der Waals surface area (Å²) in [6.45, 7) is 5.68. The van der Waals surface area contributed by atoms with Crippen LogP contribution in [0.4, 0.5) is 5.69 Å². The van der Waals surface area contributed by atoms with Gasteiger partial charge in [-0.1, -0.05) is 24.6 Å². The van der Waals surface area contributed by atoms with E-state index in [9.17, 15) is 4.79 Å². The fourth-order valence-electron chi connectivity index (χ4n) is 5.68. The van der Waals surface area contributed by atoms with Crippen molar-refractivity contribution in [2.24, 2.45) is 5.92 Å². The van der Waals surface area contributed by atoms with Crippen LogP contribution in [0.5, 0.6) is 0 Å². The number of aryl methyl sites for hydroxylation is 1.